The molecule has 2 rings (SSSR count). The van der Waals surface area contributed by atoms with E-state index < -0.39 is 0 Å². The molecule has 0 aromatic heterocycles. The van der Waals surface area contributed by atoms with Gasteiger partial charge in [0.25, 0.3) is 0 Å². The lowest BCUT2D eigenvalue weighted by Gasteiger charge is -2.40. The Morgan fingerprint density at radius 3 is 2.23 bits per heavy atom. The molecule has 1 amide bonds. The molecule has 3 heteroatoms. The Morgan fingerprint density at radius 1 is 1.38 bits per heavy atom. The summed E-state index contributed by atoms with van der Waals surface area (Å²) < 4.78 is 0. The highest BCUT2D eigenvalue weighted by Gasteiger charge is 2.49. The average molecular weight is 182 g/mol. The van der Waals surface area contributed by atoms with E-state index in [1.165, 1.54) is 0 Å². The number of nitrogens with zero attached hydrogens (tertiary/aromatic N) is 1. The molecule has 2 aliphatic rings. The molecule has 2 heterocycles. The maximum atomic E-state index is 11.7. The van der Waals surface area contributed by atoms with Gasteiger partial charge < -0.3 is 10.2 Å². The summed E-state index contributed by atoms with van der Waals surface area (Å²) >= 11 is 0. The molecule has 0 atom stereocenters. The Labute approximate surface area is 79.5 Å². The minimum atomic E-state index is -0.00380. The number of hydrogen-bond acceptors (Lipinski definition) is 2. The van der Waals surface area contributed by atoms with Gasteiger partial charge in [-0.15, -0.1) is 0 Å². The fraction of sp³-hybridized carbons (Fsp3) is 0.900. The maximum absolute atomic E-state index is 11.7. The molecule has 0 aromatic carbocycles. The van der Waals surface area contributed by atoms with Crippen molar-refractivity contribution >= 4 is 5.91 Å². The van der Waals surface area contributed by atoms with Gasteiger partial charge in [-0.2, -0.15) is 0 Å². The van der Waals surface area contributed by atoms with Crippen LogP contribution in [0.1, 0.15) is 27.2 Å². The third kappa shape index (κ3) is 1.35. The third-order valence-electron chi connectivity index (χ3n) is 3.13. The summed E-state index contributed by atoms with van der Waals surface area (Å²) in [4.78, 5) is 13.7. The Bertz CT molecular complexity index is 238. The molecule has 13 heavy (non-hydrogen) atoms. The second kappa shape index (κ2) is 2.47. The first kappa shape index (κ1) is 9.00. The summed E-state index contributed by atoms with van der Waals surface area (Å²) in [5.41, 5.74) is 0.278. The second-order valence-corrected chi connectivity index (χ2v) is 5.43. The fourth-order valence-electron chi connectivity index (χ4n) is 2.22. The number of hydrogen-bond donors (Lipinski definition) is 1. The van der Waals surface area contributed by atoms with Crippen LogP contribution in [-0.2, 0) is 4.79 Å². The fourth-order valence-corrected chi connectivity index (χ4v) is 2.22. The van der Waals surface area contributed by atoms with Crippen molar-refractivity contribution in [3.8, 4) is 0 Å². The van der Waals surface area contributed by atoms with Crippen LogP contribution >= 0.6 is 0 Å². The lowest BCUT2D eigenvalue weighted by atomic mass is 9.81. The van der Waals surface area contributed by atoms with Crippen molar-refractivity contribution in [1.29, 1.82) is 0 Å². The van der Waals surface area contributed by atoms with Gasteiger partial charge in [-0.25, -0.2) is 0 Å². The summed E-state index contributed by atoms with van der Waals surface area (Å²) in [5, 5.41) is 3.26. The van der Waals surface area contributed by atoms with E-state index >= 15 is 0 Å². The van der Waals surface area contributed by atoms with Crippen molar-refractivity contribution in [2.75, 3.05) is 19.6 Å². The molecule has 0 saturated carbocycles. The van der Waals surface area contributed by atoms with Crippen LogP contribution in [0, 0.1) is 5.41 Å². The summed E-state index contributed by atoms with van der Waals surface area (Å²) in [7, 11) is 0. The Balaban J connectivity index is 2.12. The first-order chi connectivity index (χ1) is 5.93. The number of carbonyl (C=O) groups is 1. The lowest BCUT2D eigenvalue weighted by Crippen LogP contribution is -2.55. The van der Waals surface area contributed by atoms with Crippen LogP contribution in [0.2, 0.25) is 0 Å². The highest BCUT2D eigenvalue weighted by molar-refractivity contribution is 5.80. The van der Waals surface area contributed by atoms with Crippen LogP contribution in [0.15, 0.2) is 0 Å². The zero-order valence-corrected chi connectivity index (χ0v) is 8.68. The highest BCUT2D eigenvalue weighted by atomic mass is 16.2. The van der Waals surface area contributed by atoms with Gasteiger partial charge in [-0.05, 0) is 20.8 Å². The van der Waals surface area contributed by atoms with Gasteiger partial charge in [0, 0.05) is 37.0 Å². The molecule has 0 bridgehead atoms. The van der Waals surface area contributed by atoms with Crippen molar-refractivity contribution in [2.45, 2.75) is 32.7 Å². The zero-order valence-electron chi connectivity index (χ0n) is 8.68. The molecule has 0 aliphatic carbocycles. The van der Waals surface area contributed by atoms with Gasteiger partial charge >= 0.3 is 0 Å². The molecule has 2 fully saturated rings. The van der Waals surface area contributed by atoms with Crippen molar-refractivity contribution in [3.63, 3.8) is 0 Å². The van der Waals surface area contributed by atoms with Crippen LogP contribution in [0.25, 0.3) is 0 Å². The Kier molecular flexibility index (Phi) is 1.71. The van der Waals surface area contributed by atoms with Crippen LogP contribution in [-0.4, -0.2) is 36.0 Å². The molecule has 0 aromatic rings. The number of rotatable bonds is 0. The largest absolute Gasteiger partial charge is 0.337 e. The van der Waals surface area contributed by atoms with Crippen molar-refractivity contribution in [1.82, 2.24) is 10.2 Å². The quantitative estimate of drug-likeness (QED) is 0.595. The van der Waals surface area contributed by atoms with Crippen LogP contribution < -0.4 is 5.32 Å². The highest BCUT2D eigenvalue weighted by Crippen LogP contribution is 2.37. The molecule has 0 unspecified atom stereocenters. The van der Waals surface area contributed by atoms with E-state index in [0.717, 1.165) is 26.1 Å². The van der Waals surface area contributed by atoms with E-state index in [4.69, 9.17) is 0 Å². The number of nitrogens with one attached hydrogen (secondary N) is 1. The van der Waals surface area contributed by atoms with Crippen molar-refractivity contribution in [2.24, 2.45) is 5.41 Å². The first-order valence-corrected chi connectivity index (χ1v) is 4.94. The van der Waals surface area contributed by atoms with Crippen LogP contribution in [0.4, 0.5) is 0 Å². The summed E-state index contributed by atoms with van der Waals surface area (Å²) in [6, 6.07) is 0. The standard InChI is InChI=1S/C10H18N2O/c1-9(2,3)12-7-10(4-8(12)13)5-11-6-10/h11H,4-7H2,1-3H3. The monoisotopic (exact) mass is 182 g/mol. The molecule has 2 saturated heterocycles. The molecule has 1 N–H and O–H groups in total. The number of amides is 1. The number of carbonyl (C=O) groups excluding carboxylic acids is 1. The first-order valence-electron chi connectivity index (χ1n) is 4.94. The summed E-state index contributed by atoms with van der Waals surface area (Å²) in [6.07, 6.45) is 0.747. The molecular formula is C10H18N2O. The van der Waals surface area contributed by atoms with E-state index in [1.807, 2.05) is 4.90 Å². The minimum absolute atomic E-state index is 0.00380. The summed E-state index contributed by atoms with van der Waals surface area (Å²) in [6.45, 7) is 9.31. The van der Waals surface area contributed by atoms with Gasteiger partial charge in [0.1, 0.15) is 0 Å². The van der Waals surface area contributed by atoms with Gasteiger partial charge in [0.05, 0.1) is 0 Å². The molecule has 2 aliphatic heterocycles. The summed E-state index contributed by atoms with van der Waals surface area (Å²) in [5.74, 6) is 0.328. The predicted octanol–water partition coefficient (Wildman–Crippen LogP) is 0.607. The zero-order chi connectivity index (χ0) is 9.69. The van der Waals surface area contributed by atoms with Crippen molar-refractivity contribution < 1.29 is 4.79 Å². The van der Waals surface area contributed by atoms with Crippen LogP contribution in [0.3, 0.4) is 0 Å². The van der Waals surface area contributed by atoms with E-state index in [9.17, 15) is 4.79 Å². The number of likely N-dealkylation sites (tertiary alicyclic amines) is 1. The third-order valence-corrected chi connectivity index (χ3v) is 3.13. The second-order valence-electron chi connectivity index (χ2n) is 5.43. The molecule has 1 spiro atoms. The van der Waals surface area contributed by atoms with E-state index in [2.05, 4.69) is 26.1 Å². The van der Waals surface area contributed by atoms with E-state index in [0.29, 0.717) is 5.91 Å². The van der Waals surface area contributed by atoms with Crippen LogP contribution in [0.5, 0.6) is 0 Å². The van der Waals surface area contributed by atoms with Gasteiger partial charge in [-0.3, -0.25) is 4.79 Å². The smallest absolute Gasteiger partial charge is 0.223 e. The van der Waals surface area contributed by atoms with Crippen molar-refractivity contribution in [3.05, 3.63) is 0 Å². The van der Waals surface area contributed by atoms with E-state index in [1.54, 1.807) is 0 Å². The Morgan fingerprint density at radius 2 is 2.00 bits per heavy atom. The SMILES string of the molecule is CC(C)(C)N1CC2(CNC2)CC1=O. The normalized spacial score (nSPS) is 26.7. The topological polar surface area (TPSA) is 32.3 Å². The molecule has 0 radical (unpaired) electrons. The minimum Gasteiger partial charge on any atom is -0.337 e. The van der Waals surface area contributed by atoms with Gasteiger partial charge in [-0.1, -0.05) is 0 Å². The molecular weight excluding hydrogens is 164 g/mol. The maximum Gasteiger partial charge on any atom is 0.223 e. The Hall–Kier alpha value is -0.570. The predicted molar refractivity (Wildman–Crippen MR) is 51.4 cm³/mol. The average Bonchev–Trinajstić information content (AvgIpc) is 2.24. The molecule has 74 valence electrons. The lowest BCUT2D eigenvalue weighted by molar-refractivity contribution is -0.131. The molecule has 3 nitrogen and oxygen atoms in total. The van der Waals surface area contributed by atoms with E-state index in [-0.39, 0.29) is 11.0 Å². The van der Waals surface area contributed by atoms with Gasteiger partial charge in [0.2, 0.25) is 5.91 Å². The van der Waals surface area contributed by atoms with Gasteiger partial charge in [0.15, 0.2) is 0 Å².